The smallest absolute Gasteiger partial charge is 0.164 e. The Labute approximate surface area is 277 Å². The van der Waals surface area contributed by atoms with Crippen LogP contribution < -0.4 is 0 Å². The number of aromatic nitrogens is 3. The number of thiophene rings is 1. The number of rotatable bonds is 5. The molecule has 0 atom stereocenters. The van der Waals surface area contributed by atoms with Crippen molar-refractivity contribution in [3.63, 3.8) is 0 Å². The fourth-order valence-corrected chi connectivity index (χ4v) is 7.83. The molecule has 0 N–H and O–H groups in total. The van der Waals surface area contributed by atoms with E-state index in [1.54, 1.807) is 0 Å². The molecule has 0 aliphatic heterocycles. The highest BCUT2D eigenvalue weighted by Gasteiger charge is 2.19. The van der Waals surface area contributed by atoms with E-state index in [0.29, 0.717) is 17.5 Å². The van der Waals surface area contributed by atoms with E-state index >= 15 is 0 Å². The van der Waals surface area contributed by atoms with Gasteiger partial charge < -0.3 is 0 Å². The van der Waals surface area contributed by atoms with E-state index in [2.05, 4.69) is 152 Å². The molecule has 6 aromatic carbocycles. The van der Waals surface area contributed by atoms with E-state index < -0.39 is 0 Å². The quantitative estimate of drug-likeness (QED) is 0.192. The molecule has 2 heterocycles. The minimum Gasteiger partial charge on any atom is -0.208 e. The second-order valence-electron chi connectivity index (χ2n) is 12.0. The van der Waals surface area contributed by atoms with Crippen molar-refractivity contribution >= 4 is 53.4 Å². The van der Waals surface area contributed by atoms with Gasteiger partial charge in [0.1, 0.15) is 0 Å². The fraction of sp³-hybridized carbons (Fsp3) is 0.0465. The Hall–Kier alpha value is -5.71. The van der Waals surface area contributed by atoms with Gasteiger partial charge in [-0.3, -0.25) is 0 Å². The van der Waals surface area contributed by atoms with Gasteiger partial charge in [0.25, 0.3) is 0 Å². The first-order chi connectivity index (χ1) is 23.3. The molecular formula is C43H29N3S. The maximum absolute atomic E-state index is 5.21. The molecule has 0 bridgehead atoms. The topological polar surface area (TPSA) is 38.7 Å². The summed E-state index contributed by atoms with van der Waals surface area (Å²) >= 11 is 1.82. The van der Waals surface area contributed by atoms with Gasteiger partial charge >= 0.3 is 0 Å². The van der Waals surface area contributed by atoms with Crippen molar-refractivity contribution < 1.29 is 0 Å². The minimum atomic E-state index is 0.676. The third kappa shape index (κ3) is 5.13. The summed E-state index contributed by atoms with van der Waals surface area (Å²) in [5, 5.41) is 4.90. The van der Waals surface area contributed by atoms with E-state index in [9.17, 15) is 0 Å². The van der Waals surface area contributed by atoms with Crippen molar-refractivity contribution in [2.24, 2.45) is 0 Å². The van der Waals surface area contributed by atoms with E-state index in [0.717, 1.165) is 34.9 Å². The Morgan fingerprint density at radius 1 is 0.489 bits per heavy atom. The van der Waals surface area contributed by atoms with Gasteiger partial charge in [-0.1, -0.05) is 121 Å². The molecule has 0 fully saturated rings. The Morgan fingerprint density at radius 3 is 2.00 bits per heavy atom. The Morgan fingerprint density at radius 2 is 1.17 bits per heavy atom. The van der Waals surface area contributed by atoms with Crippen LogP contribution in [0.5, 0.6) is 0 Å². The van der Waals surface area contributed by atoms with Gasteiger partial charge in [0.05, 0.1) is 0 Å². The van der Waals surface area contributed by atoms with Crippen LogP contribution in [-0.4, -0.2) is 15.0 Å². The molecule has 3 nitrogen and oxygen atoms in total. The molecule has 0 amide bonds. The highest BCUT2D eigenvalue weighted by Crippen LogP contribution is 2.42. The third-order valence-electron chi connectivity index (χ3n) is 8.97. The molecule has 47 heavy (non-hydrogen) atoms. The van der Waals surface area contributed by atoms with Crippen LogP contribution >= 0.6 is 11.3 Å². The predicted molar refractivity (Wildman–Crippen MR) is 198 cm³/mol. The highest BCUT2D eigenvalue weighted by molar-refractivity contribution is 7.26. The van der Waals surface area contributed by atoms with Gasteiger partial charge in [0.15, 0.2) is 17.5 Å². The molecule has 0 saturated heterocycles. The second-order valence-corrected chi connectivity index (χ2v) is 13.0. The second kappa shape index (κ2) is 11.6. The average molecular weight is 620 g/mol. The van der Waals surface area contributed by atoms with Crippen molar-refractivity contribution in [2.75, 3.05) is 0 Å². The normalized spacial score (nSPS) is 13.2. The lowest BCUT2D eigenvalue weighted by atomic mass is 9.93. The average Bonchev–Trinajstić information content (AvgIpc) is 3.53. The number of hydrogen-bond acceptors (Lipinski definition) is 4. The Kier molecular flexibility index (Phi) is 6.80. The Balaban J connectivity index is 1.27. The first kappa shape index (κ1) is 27.6. The summed E-state index contributed by atoms with van der Waals surface area (Å²) in [6.07, 6.45) is 6.45. The number of fused-ring (bicyclic) bond motifs is 4. The predicted octanol–water partition coefficient (Wildman–Crippen LogP) is 11.7. The van der Waals surface area contributed by atoms with Crippen LogP contribution in [-0.2, 0) is 0 Å². The number of hydrogen-bond donors (Lipinski definition) is 0. The third-order valence-corrected chi connectivity index (χ3v) is 10.1. The maximum atomic E-state index is 5.21. The van der Waals surface area contributed by atoms with Crippen molar-refractivity contribution in [2.45, 2.75) is 12.8 Å². The van der Waals surface area contributed by atoms with Crippen LogP contribution in [0.4, 0.5) is 0 Å². The summed E-state index contributed by atoms with van der Waals surface area (Å²) in [5.74, 6) is 2.05. The molecule has 222 valence electrons. The zero-order chi connectivity index (χ0) is 31.2. The van der Waals surface area contributed by atoms with E-state index in [4.69, 9.17) is 15.0 Å². The molecular weight excluding hydrogens is 591 g/mol. The van der Waals surface area contributed by atoms with Gasteiger partial charge in [0, 0.05) is 36.9 Å². The molecule has 0 unspecified atom stereocenters. The molecule has 8 aromatic rings. The first-order valence-electron chi connectivity index (χ1n) is 16.0. The van der Waals surface area contributed by atoms with E-state index in [1.165, 1.54) is 47.8 Å². The summed E-state index contributed by atoms with van der Waals surface area (Å²) in [4.78, 5) is 15.5. The summed E-state index contributed by atoms with van der Waals surface area (Å²) < 4.78 is 2.50. The van der Waals surface area contributed by atoms with Gasteiger partial charge in [-0.2, -0.15) is 0 Å². The van der Waals surface area contributed by atoms with E-state index in [1.807, 2.05) is 11.3 Å². The van der Waals surface area contributed by atoms with Crippen LogP contribution in [0.25, 0.3) is 76.0 Å². The van der Waals surface area contributed by atoms with Gasteiger partial charge in [-0.25, -0.2) is 15.0 Å². The van der Waals surface area contributed by atoms with Crippen molar-refractivity contribution in [3.8, 4) is 33.9 Å². The lowest BCUT2D eigenvalue weighted by Crippen LogP contribution is -2.04. The maximum Gasteiger partial charge on any atom is 0.164 e. The molecule has 4 heteroatoms. The summed E-state index contributed by atoms with van der Waals surface area (Å²) in [6.45, 7) is 0. The molecule has 2 aromatic heterocycles. The zero-order valence-electron chi connectivity index (χ0n) is 25.6. The highest BCUT2D eigenvalue weighted by atomic mass is 32.1. The summed E-state index contributed by atoms with van der Waals surface area (Å²) in [6, 6.07) is 49.4. The lowest BCUT2D eigenvalue weighted by Gasteiger charge is -2.15. The SMILES string of the molecule is C1=C(c2ccccc2)CCC=C1c1nc(-c2ccc3ccccc3c2)nc(-c2cc(-c3ccccc3)c3c(c2)sc2ccccc23)n1. The molecule has 9 rings (SSSR count). The Bertz CT molecular complexity index is 2510. The van der Waals surface area contributed by atoms with Crippen LogP contribution in [0.3, 0.4) is 0 Å². The van der Waals surface area contributed by atoms with Gasteiger partial charge in [0.2, 0.25) is 0 Å². The van der Waals surface area contributed by atoms with Crippen molar-refractivity contribution in [1.82, 2.24) is 15.0 Å². The van der Waals surface area contributed by atoms with Crippen LogP contribution in [0, 0.1) is 0 Å². The number of allylic oxidation sites excluding steroid dienone is 4. The van der Waals surface area contributed by atoms with E-state index in [-0.39, 0.29) is 0 Å². The lowest BCUT2D eigenvalue weighted by molar-refractivity contribution is 1.01. The van der Waals surface area contributed by atoms with Crippen LogP contribution in [0.2, 0.25) is 0 Å². The fourth-order valence-electron chi connectivity index (χ4n) is 6.66. The minimum absolute atomic E-state index is 0.676. The monoisotopic (exact) mass is 619 g/mol. The largest absolute Gasteiger partial charge is 0.208 e. The molecule has 1 aliphatic carbocycles. The van der Waals surface area contributed by atoms with Crippen LogP contribution in [0.15, 0.2) is 152 Å². The van der Waals surface area contributed by atoms with Gasteiger partial charge in [-0.15, -0.1) is 11.3 Å². The molecule has 0 saturated carbocycles. The number of benzene rings is 6. The first-order valence-corrected chi connectivity index (χ1v) is 16.8. The summed E-state index contributed by atoms with van der Waals surface area (Å²) in [5.41, 5.74) is 7.90. The molecule has 1 aliphatic rings. The molecule has 0 radical (unpaired) electrons. The van der Waals surface area contributed by atoms with Crippen molar-refractivity contribution in [3.05, 3.63) is 163 Å². The summed E-state index contributed by atoms with van der Waals surface area (Å²) in [7, 11) is 0. The number of nitrogens with zero attached hydrogens (tertiary/aromatic N) is 3. The van der Waals surface area contributed by atoms with Gasteiger partial charge in [-0.05, 0) is 76.2 Å². The zero-order valence-corrected chi connectivity index (χ0v) is 26.4. The molecule has 0 spiro atoms. The standard InChI is InChI=1S/C43H29N3S/c1-3-12-28(13-4-1)32-18-11-19-33(24-32)41-44-42(34-23-22-29-14-7-8-17-31(29)25-34)46-43(45-41)35-26-37(30-15-5-2-6-16-30)40-36-20-9-10-21-38(36)47-39(40)27-35/h1-10,12-17,19-27H,11,18H2. The van der Waals surface area contributed by atoms with Crippen LogP contribution in [0.1, 0.15) is 24.2 Å². The van der Waals surface area contributed by atoms with Crippen molar-refractivity contribution in [1.29, 1.82) is 0 Å².